The van der Waals surface area contributed by atoms with Crippen molar-refractivity contribution in [2.75, 3.05) is 6.54 Å². The zero-order valence-electron chi connectivity index (χ0n) is 15.0. The van der Waals surface area contributed by atoms with Gasteiger partial charge in [0.15, 0.2) is 0 Å². The Morgan fingerprint density at radius 3 is 2.68 bits per heavy atom. The number of fused-ring (bicyclic) bond motifs is 1. The molecule has 2 N–H and O–H groups in total. The maximum Gasteiger partial charge on any atom is 0.410 e. The van der Waals surface area contributed by atoms with Gasteiger partial charge < -0.3 is 19.9 Å². The smallest absolute Gasteiger partial charge is 0.410 e. The first-order valence-corrected chi connectivity index (χ1v) is 8.85. The molecule has 0 aromatic rings. The van der Waals surface area contributed by atoms with E-state index in [4.69, 9.17) is 9.47 Å². The van der Waals surface area contributed by atoms with Crippen LogP contribution < -0.4 is 5.32 Å². The van der Waals surface area contributed by atoms with E-state index >= 15 is 0 Å². The van der Waals surface area contributed by atoms with E-state index in [2.05, 4.69) is 18.3 Å². The third-order valence-electron chi connectivity index (χ3n) is 5.22. The minimum absolute atomic E-state index is 0.0162. The molecule has 0 radical (unpaired) electrons. The number of carbonyl (C=O) groups excluding carboxylic acids is 2. The molecule has 25 heavy (non-hydrogen) atoms. The number of alkyl carbamates (subject to hydrolysis) is 1. The summed E-state index contributed by atoms with van der Waals surface area (Å²) in [6, 6.07) is 0. The van der Waals surface area contributed by atoms with E-state index in [1.165, 1.54) is 12.5 Å². The third kappa shape index (κ3) is 4.52. The summed E-state index contributed by atoms with van der Waals surface area (Å²) in [5.41, 5.74) is 0.903. The first-order chi connectivity index (χ1) is 11.8. The number of hydrogen-bond acceptors (Lipinski definition) is 5. The zero-order valence-corrected chi connectivity index (χ0v) is 15.0. The van der Waals surface area contributed by atoms with E-state index in [1.807, 2.05) is 0 Å². The van der Waals surface area contributed by atoms with Crippen LogP contribution in [0.4, 0.5) is 4.79 Å². The predicted octanol–water partition coefficient (Wildman–Crippen LogP) is 2.85. The van der Waals surface area contributed by atoms with Gasteiger partial charge in [-0.1, -0.05) is 25.5 Å². The molecule has 1 amide bonds. The third-order valence-corrected chi connectivity index (χ3v) is 5.22. The standard InChI is InChI=1S/C18H27NO6/c1-4-12-6-13-8-18(9-15(20)21,14(13)7-12)10-19-17(23)25-11(3)24-16(22)5-2/h7,11,13-14H,4-6,8-10H2,1-3H3,(H,19,23)(H,20,21)/t11-,13+,14-,18-/m0/s1. The molecular weight excluding hydrogens is 326 g/mol. The van der Waals surface area contributed by atoms with Gasteiger partial charge in [-0.25, -0.2) is 4.79 Å². The number of rotatable bonds is 8. The number of allylic oxidation sites excluding steroid dienone is 2. The fourth-order valence-electron chi connectivity index (χ4n) is 4.03. The maximum absolute atomic E-state index is 11.9. The fourth-order valence-corrected chi connectivity index (χ4v) is 4.03. The molecular formula is C18H27NO6. The summed E-state index contributed by atoms with van der Waals surface area (Å²) in [6.45, 7) is 5.45. The average molecular weight is 353 g/mol. The van der Waals surface area contributed by atoms with Crippen LogP contribution in [-0.4, -0.2) is 36.0 Å². The van der Waals surface area contributed by atoms with Crippen molar-refractivity contribution in [3.63, 3.8) is 0 Å². The van der Waals surface area contributed by atoms with Gasteiger partial charge in [-0.2, -0.15) is 0 Å². The summed E-state index contributed by atoms with van der Waals surface area (Å²) >= 11 is 0. The van der Waals surface area contributed by atoms with Crippen molar-refractivity contribution in [1.82, 2.24) is 5.32 Å². The van der Waals surface area contributed by atoms with Crippen LogP contribution in [0.25, 0.3) is 0 Å². The summed E-state index contributed by atoms with van der Waals surface area (Å²) < 4.78 is 9.87. The lowest BCUT2D eigenvalue weighted by atomic mass is 9.53. The first kappa shape index (κ1) is 19.3. The van der Waals surface area contributed by atoms with E-state index in [0.29, 0.717) is 5.92 Å². The monoisotopic (exact) mass is 353 g/mol. The second-order valence-electron chi connectivity index (χ2n) is 6.98. The number of esters is 1. The normalized spacial score (nSPS) is 28.2. The topological polar surface area (TPSA) is 102 Å². The molecule has 7 heteroatoms. The SMILES string of the molecule is CCC(=O)O[C@H](C)OC(=O)NC[C@@]1(CC(=O)O)C[C@H]2CC(CC)=C[C@@H]21. The van der Waals surface area contributed by atoms with E-state index < -0.39 is 29.7 Å². The Bertz CT molecular complexity index is 572. The molecule has 0 aliphatic heterocycles. The van der Waals surface area contributed by atoms with Crippen LogP contribution in [0.1, 0.15) is 52.9 Å². The molecule has 0 unspecified atom stereocenters. The molecule has 7 nitrogen and oxygen atoms in total. The first-order valence-electron chi connectivity index (χ1n) is 8.85. The Balaban J connectivity index is 1.91. The molecule has 2 aliphatic rings. The second-order valence-corrected chi connectivity index (χ2v) is 6.98. The van der Waals surface area contributed by atoms with Crippen LogP contribution in [0.15, 0.2) is 11.6 Å². The lowest BCUT2D eigenvalue weighted by Crippen LogP contribution is -2.53. The fraction of sp³-hybridized carbons (Fsp3) is 0.722. The van der Waals surface area contributed by atoms with Crippen LogP contribution in [0.2, 0.25) is 0 Å². The molecule has 2 aliphatic carbocycles. The highest BCUT2D eigenvalue weighted by atomic mass is 16.7. The van der Waals surface area contributed by atoms with Crippen molar-refractivity contribution in [3.05, 3.63) is 11.6 Å². The highest BCUT2D eigenvalue weighted by molar-refractivity contribution is 5.71. The van der Waals surface area contributed by atoms with Crippen molar-refractivity contribution < 1.29 is 29.0 Å². The number of hydrogen-bond donors (Lipinski definition) is 2. The molecule has 2 rings (SSSR count). The van der Waals surface area contributed by atoms with Crippen LogP contribution in [0.5, 0.6) is 0 Å². The van der Waals surface area contributed by atoms with Gasteiger partial charge in [0, 0.05) is 25.3 Å². The highest BCUT2D eigenvalue weighted by Crippen LogP contribution is 2.59. The molecule has 0 saturated heterocycles. The number of carboxylic acids is 1. The Kier molecular flexibility index (Phi) is 6.08. The highest BCUT2D eigenvalue weighted by Gasteiger charge is 2.55. The number of carboxylic acid groups (broad SMARTS) is 1. The van der Waals surface area contributed by atoms with Crippen molar-refractivity contribution in [2.45, 2.75) is 59.2 Å². The molecule has 0 aromatic carbocycles. The number of carbonyl (C=O) groups is 3. The average Bonchev–Trinajstić information content (AvgIpc) is 2.88. The predicted molar refractivity (Wildman–Crippen MR) is 89.6 cm³/mol. The Labute approximate surface area is 147 Å². The number of nitrogens with one attached hydrogen (secondary N) is 1. The molecule has 140 valence electrons. The lowest BCUT2D eigenvalue weighted by Gasteiger charge is -2.51. The summed E-state index contributed by atoms with van der Waals surface area (Å²) in [6.07, 6.45) is 3.51. The number of ether oxygens (including phenoxy) is 2. The Morgan fingerprint density at radius 1 is 1.36 bits per heavy atom. The van der Waals surface area contributed by atoms with E-state index in [-0.39, 0.29) is 25.3 Å². The van der Waals surface area contributed by atoms with Crippen molar-refractivity contribution in [2.24, 2.45) is 17.3 Å². The van der Waals surface area contributed by atoms with Gasteiger partial charge in [0.25, 0.3) is 0 Å². The number of aliphatic carboxylic acids is 1. The van der Waals surface area contributed by atoms with Gasteiger partial charge in [0.2, 0.25) is 6.29 Å². The molecule has 0 spiro atoms. The lowest BCUT2D eigenvalue weighted by molar-refractivity contribution is -0.164. The summed E-state index contributed by atoms with van der Waals surface area (Å²) in [7, 11) is 0. The van der Waals surface area contributed by atoms with E-state index in [1.54, 1.807) is 6.92 Å². The molecule has 0 bridgehead atoms. The largest absolute Gasteiger partial charge is 0.481 e. The Hall–Kier alpha value is -2.05. The minimum atomic E-state index is -0.977. The second kappa shape index (κ2) is 7.89. The Morgan fingerprint density at radius 2 is 2.08 bits per heavy atom. The number of amides is 1. The quantitative estimate of drug-likeness (QED) is 0.395. The molecule has 1 saturated carbocycles. The van der Waals surface area contributed by atoms with Gasteiger partial charge in [-0.3, -0.25) is 9.59 Å². The van der Waals surface area contributed by atoms with Crippen molar-refractivity contribution in [1.29, 1.82) is 0 Å². The molecule has 0 aromatic heterocycles. The van der Waals surface area contributed by atoms with E-state index in [9.17, 15) is 19.5 Å². The van der Waals surface area contributed by atoms with Gasteiger partial charge in [0.1, 0.15) is 0 Å². The summed E-state index contributed by atoms with van der Waals surface area (Å²) in [5, 5.41) is 11.9. The van der Waals surface area contributed by atoms with Gasteiger partial charge >= 0.3 is 18.0 Å². The van der Waals surface area contributed by atoms with Crippen LogP contribution in [-0.2, 0) is 19.1 Å². The maximum atomic E-state index is 11.9. The molecule has 1 fully saturated rings. The molecule has 0 heterocycles. The van der Waals surface area contributed by atoms with E-state index in [0.717, 1.165) is 19.3 Å². The van der Waals surface area contributed by atoms with Gasteiger partial charge in [-0.15, -0.1) is 0 Å². The van der Waals surface area contributed by atoms with Crippen LogP contribution in [0, 0.1) is 17.3 Å². The summed E-state index contributed by atoms with van der Waals surface area (Å²) in [5.74, 6) is -0.643. The molecule has 4 atom stereocenters. The van der Waals surface area contributed by atoms with Crippen molar-refractivity contribution in [3.8, 4) is 0 Å². The van der Waals surface area contributed by atoms with Gasteiger partial charge in [-0.05, 0) is 31.1 Å². The van der Waals surface area contributed by atoms with Gasteiger partial charge in [0.05, 0.1) is 6.42 Å². The minimum Gasteiger partial charge on any atom is -0.481 e. The van der Waals surface area contributed by atoms with Crippen molar-refractivity contribution >= 4 is 18.0 Å². The summed E-state index contributed by atoms with van der Waals surface area (Å²) in [4.78, 5) is 34.4. The zero-order chi connectivity index (χ0) is 18.6. The van der Waals surface area contributed by atoms with Crippen LogP contribution >= 0.6 is 0 Å². The van der Waals surface area contributed by atoms with Crippen LogP contribution in [0.3, 0.4) is 0 Å².